The molecule has 0 fully saturated rings. The zero-order chi connectivity index (χ0) is 16.6. The molecule has 22 heavy (non-hydrogen) atoms. The van der Waals surface area contributed by atoms with E-state index in [1.54, 1.807) is 0 Å². The molecule has 0 aliphatic rings. The predicted octanol–water partition coefficient (Wildman–Crippen LogP) is 0.411. The number of benzene rings is 1. The summed E-state index contributed by atoms with van der Waals surface area (Å²) in [6.07, 6.45) is 0. The Morgan fingerprint density at radius 3 is 2.45 bits per heavy atom. The zero-order valence-electron chi connectivity index (χ0n) is 12.2. The lowest BCUT2D eigenvalue weighted by Crippen LogP contribution is -2.30. The van der Waals surface area contributed by atoms with Gasteiger partial charge < -0.3 is 14.9 Å². The molecule has 0 aliphatic carbocycles. The van der Waals surface area contributed by atoms with Gasteiger partial charge in [-0.25, -0.2) is 0 Å². The Kier molecular flexibility index (Phi) is 3.81. The summed E-state index contributed by atoms with van der Waals surface area (Å²) in [5.41, 5.74) is -0.774. The van der Waals surface area contributed by atoms with Gasteiger partial charge in [-0.1, -0.05) is 0 Å². The SMILES string of the molecule is CC(=O)N(C)Cc1c(C)c([N+](=O)[O-])cc2[nH]c(=O)c(=O)[nH]c12. The van der Waals surface area contributed by atoms with Crippen LogP contribution in [0.15, 0.2) is 15.7 Å². The molecule has 2 rings (SSSR count). The van der Waals surface area contributed by atoms with Crippen LogP contribution in [0.2, 0.25) is 0 Å². The minimum atomic E-state index is -0.892. The number of H-pyrrole nitrogens is 2. The van der Waals surface area contributed by atoms with Crippen LogP contribution < -0.4 is 11.1 Å². The van der Waals surface area contributed by atoms with E-state index >= 15 is 0 Å². The Morgan fingerprint density at radius 2 is 1.91 bits per heavy atom. The molecule has 9 heteroatoms. The van der Waals surface area contributed by atoms with Gasteiger partial charge in [-0.05, 0) is 6.92 Å². The van der Waals surface area contributed by atoms with E-state index in [0.29, 0.717) is 11.1 Å². The molecule has 0 radical (unpaired) electrons. The molecule has 0 atom stereocenters. The van der Waals surface area contributed by atoms with Crippen LogP contribution in [-0.2, 0) is 11.3 Å². The standard InChI is InChI=1S/C13H14N4O5/c1-6-8(5-16(3)7(2)18)11-9(4-10(6)17(21)22)14-12(19)13(20)15-11/h4H,5H2,1-3H3,(H,14,19)(H,15,20). The first-order chi connectivity index (χ1) is 10.2. The monoisotopic (exact) mass is 306 g/mol. The van der Waals surface area contributed by atoms with Gasteiger partial charge in [-0.2, -0.15) is 0 Å². The zero-order valence-corrected chi connectivity index (χ0v) is 12.2. The fraction of sp³-hybridized carbons (Fsp3) is 0.308. The number of aromatic nitrogens is 2. The second-order valence-electron chi connectivity index (χ2n) is 4.96. The fourth-order valence-corrected chi connectivity index (χ4v) is 2.15. The van der Waals surface area contributed by atoms with Crippen LogP contribution >= 0.6 is 0 Å². The third kappa shape index (κ3) is 2.60. The van der Waals surface area contributed by atoms with Crippen LogP contribution in [0.4, 0.5) is 5.69 Å². The number of aromatic amines is 2. The molecule has 1 aromatic carbocycles. The van der Waals surface area contributed by atoms with Gasteiger partial charge in [0.2, 0.25) is 5.91 Å². The molecule has 0 saturated heterocycles. The first-order valence-corrected chi connectivity index (χ1v) is 6.37. The smallest absolute Gasteiger partial charge is 0.314 e. The molecule has 0 saturated carbocycles. The molecule has 1 heterocycles. The minimum Gasteiger partial charge on any atom is -0.342 e. The van der Waals surface area contributed by atoms with Crippen LogP contribution in [0.1, 0.15) is 18.1 Å². The van der Waals surface area contributed by atoms with E-state index in [9.17, 15) is 24.5 Å². The van der Waals surface area contributed by atoms with Gasteiger partial charge in [0.25, 0.3) is 5.69 Å². The Hall–Kier alpha value is -2.97. The molecule has 0 aliphatic heterocycles. The quantitative estimate of drug-likeness (QED) is 0.482. The van der Waals surface area contributed by atoms with E-state index in [1.165, 1.54) is 31.9 Å². The van der Waals surface area contributed by atoms with Crippen molar-refractivity contribution >= 4 is 22.6 Å². The van der Waals surface area contributed by atoms with Crippen molar-refractivity contribution in [2.24, 2.45) is 0 Å². The van der Waals surface area contributed by atoms with Crippen molar-refractivity contribution in [3.05, 3.63) is 48.0 Å². The first kappa shape index (κ1) is 15.4. The summed E-state index contributed by atoms with van der Waals surface area (Å²) in [7, 11) is 1.54. The van der Waals surface area contributed by atoms with Crippen molar-refractivity contribution in [3.63, 3.8) is 0 Å². The van der Waals surface area contributed by atoms with Gasteiger partial charge in [0.05, 0.1) is 16.0 Å². The molecular formula is C13H14N4O5. The maximum atomic E-state index is 11.5. The lowest BCUT2D eigenvalue weighted by atomic mass is 10.0. The van der Waals surface area contributed by atoms with Crippen molar-refractivity contribution in [2.75, 3.05) is 7.05 Å². The lowest BCUT2D eigenvalue weighted by molar-refractivity contribution is -0.385. The van der Waals surface area contributed by atoms with Crippen molar-refractivity contribution < 1.29 is 9.72 Å². The number of carbonyl (C=O) groups excluding carboxylic acids is 1. The van der Waals surface area contributed by atoms with Crippen LogP contribution in [0.3, 0.4) is 0 Å². The maximum Gasteiger partial charge on any atom is 0.314 e. The molecular weight excluding hydrogens is 292 g/mol. The number of rotatable bonds is 3. The van der Waals surface area contributed by atoms with Crippen molar-refractivity contribution in [1.29, 1.82) is 0 Å². The van der Waals surface area contributed by atoms with E-state index in [4.69, 9.17) is 0 Å². The second kappa shape index (κ2) is 5.43. The number of hydrogen-bond donors (Lipinski definition) is 2. The third-order valence-corrected chi connectivity index (χ3v) is 3.51. The highest BCUT2D eigenvalue weighted by Crippen LogP contribution is 2.28. The number of hydrogen-bond acceptors (Lipinski definition) is 5. The van der Waals surface area contributed by atoms with Gasteiger partial charge in [0.15, 0.2) is 0 Å². The summed E-state index contributed by atoms with van der Waals surface area (Å²) < 4.78 is 0. The Bertz CT molecular complexity index is 896. The molecule has 2 N–H and O–H groups in total. The Morgan fingerprint density at radius 1 is 1.32 bits per heavy atom. The highest BCUT2D eigenvalue weighted by molar-refractivity contribution is 5.83. The van der Waals surface area contributed by atoms with Gasteiger partial charge >= 0.3 is 11.1 Å². The number of nitro groups is 1. The predicted molar refractivity (Wildman–Crippen MR) is 78.7 cm³/mol. The van der Waals surface area contributed by atoms with Gasteiger partial charge in [-0.15, -0.1) is 0 Å². The maximum absolute atomic E-state index is 11.5. The fourth-order valence-electron chi connectivity index (χ4n) is 2.15. The number of nitrogens with one attached hydrogen (secondary N) is 2. The van der Waals surface area contributed by atoms with E-state index in [0.717, 1.165) is 0 Å². The van der Waals surface area contributed by atoms with Crippen molar-refractivity contribution in [1.82, 2.24) is 14.9 Å². The molecule has 1 aromatic heterocycles. The first-order valence-electron chi connectivity index (χ1n) is 6.37. The van der Waals surface area contributed by atoms with Crippen LogP contribution in [0.5, 0.6) is 0 Å². The molecule has 116 valence electrons. The minimum absolute atomic E-state index is 0.0708. The average molecular weight is 306 g/mol. The number of amides is 1. The van der Waals surface area contributed by atoms with Crippen molar-refractivity contribution in [3.8, 4) is 0 Å². The highest BCUT2D eigenvalue weighted by atomic mass is 16.6. The lowest BCUT2D eigenvalue weighted by Gasteiger charge is -2.18. The molecule has 0 bridgehead atoms. The van der Waals surface area contributed by atoms with E-state index in [1.807, 2.05) is 0 Å². The van der Waals surface area contributed by atoms with Crippen molar-refractivity contribution in [2.45, 2.75) is 20.4 Å². The number of fused-ring (bicyclic) bond motifs is 1. The summed E-state index contributed by atoms with van der Waals surface area (Å²) in [4.78, 5) is 51.0. The topological polar surface area (TPSA) is 129 Å². The number of nitrogens with zero attached hydrogens (tertiary/aromatic N) is 2. The third-order valence-electron chi connectivity index (χ3n) is 3.51. The average Bonchev–Trinajstić information content (AvgIpc) is 2.43. The van der Waals surface area contributed by atoms with E-state index in [2.05, 4.69) is 9.97 Å². The Labute approximate surface area is 123 Å². The normalized spacial score (nSPS) is 10.7. The summed E-state index contributed by atoms with van der Waals surface area (Å²) in [5.74, 6) is -0.231. The molecule has 0 spiro atoms. The number of nitro benzene ring substituents is 1. The summed E-state index contributed by atoms with van der Waals surface area (Å²) >= 11 is 0. The molecule has 9 nitrogen and oxygen atoms in total. The summed E-state index contributed by atoms with van der Waals surface area (Å²) in [6, 6.07) is 1.19. The van der Waals surface area contributed by atoms with Crippen LogP contribution in [0, 0.1) is 17.0 Å². The molecule has 2 aromatic rings. The van der Waals surface area contributed by atoms with E-state index in [-0.39, 0.29) is 29.2 Å². The number of carbonyl (C=O) groups is 1. The largest absolute Gasteiger partial charge is 0.342 e. The molecule has 0 unspecified atom stereocenters. The van der Waals surface area contributed by atoms with Crippen LogP contribution in [-0.4, -0.2) is 32.7 Å². The van der Waals surface area contributed by atoms with Gasteiger partial charge in [0, 0.05) is 37.7 Å². The Balaban J connectivity index is 2.84. The highest BCUT2D eigenvalue weighted by Gasteiger charge is 2.20. The summed E-state index contributed by atoms with van der Waals surface area (Å²) in [6.45, 7) is 2.96. The van der Waals surface area contributed by atoms with Crippen LogP contribution in [0.25, 0.3) is 11.0 Å². The second-order valence-corrected chi connectivity index (χ2v) is 4.96. The molecule has 1 amide bonds. The van der Waals surface area contributed by atoms with E-state index < -0.39 is 16.0 Å². The van der Waals surface area contributed by atoms with Gasteiger partial charge in [-0.3, -0.25) is 24.5 Å². The summed E-state index contributed by atoms with van der Waals surface area (Å²) in [5, 5.41) is 11.2. The van der Waals surface area contributed by atoms with Gasteiger partial charge in [0.1, 0.15) is 0 Å².